The van der Waals surface area contributed by atoms with Crippen LogP contribution in [0.3, 0.4) is 0 Å². The van der Waals surface area contributed by atoms with E-state index in [9.17, 15) is 0 Å². The molecule has 0 bridgehead atoms. The van der Waals surface area contributed by atoms with Crippen LogP contribution in [0.2, 0.25) is 0 Å². The minimum atomic E-state index is 1.13. The third-order valence-corrected chi connectivity index (χ3v) is 13.6. The molecular weight excluding hydrogens is 717 g/mol. The first-order chi connectivity index (χ1) is 27.7. The number of fused-ring (bicyclic) bond motifs is 11. The van der Waals surface area contributed by atoms with E-state index in [1.54, 1.807) is 0 Å². The van der Waals surface area contributed by atoms with Gasteiger partial charge in [-0.15, -0.1) is 22.7 Å². The summed E-state index contributed by atoms with van der Waals surface area (Å²) in [7, 11) is 0. The van der Waals surface area contributed by atoms with Crippen molar-refractivity contribution in [3.63, 3.8) is 0 Å². The molecule has 0 N–H and O–H groups in total. The fourth-order valence-corrected chi connectivity index (χ4v) is 11.0. The fourth-order valence-electron chi connectivity index (χ4n) is 8.78. The number of nitrogens with zero attached hydrogens (tertiary/aromatic N) is 2. The average molecular weight is 749 g/mol. The Balaban J connectivity index is 1.02. The predicted molar refractivity (Wildman–Crippen MR) is 244 cm³/mol. The SMILES string of the molecule is c1ccc(N(c2ccc(-c3ccc4c(c3)c3cc5c(ccc6sc7ccccc7c65)cc3n4-c3ccccc3)cc2)c2ccc3c(c2)sc2ccccc23)cc1. The van der Waals surface area contributed by atoms with Crippen molar-refractivity contribution in [2.45, 2.75) is 0 Å². The van der Waals surface area contributed by atoms with Gasteiger partial charge in [0.25, 0.3) is 0 Å². The minimum Gasteiger partial charge on any atom is -0.310 e. The molecule has 4 heteroatoms. The van der Waals surface area contributed by atoms with E-state index in [4.69, 9.17) is 0 Å². The molecule has 0 aliphatic carbocycles. The molecule has 0 unspecified atom stereocenters. The molecule has 0 saturated carbocycles. The fraction of sp³-hybridized carbons (Fsp3) is 0. The summed E-state index contributed by atoms with van der Waals surface area (Å²) in [5, 5.41) is 10.4. The second kappa shape index (κ2) is 12.4. The van der Waals surface area contributed by atoms with Crippen LogP contribution in [0.4, 0.5) is 17.1 Å². The molecule has 0 spiro atoms. The van der Waals surface area contributed by atoms with Crippen molar-refractivity contribution < 1.29 is 0 Å². The highest BCUT2D eigenvalue weighted by Gasteiger charge is 2.18. The van der Waals surface area contributed by atoms with E-state index in [-0.39, 0.29) is 0 Å². The number of thiophene rings is 2. The molecule has 0 atom stereocenters. The van der Waals surface area contributed by atoms with Crippen LogP contribution in [0, 0.1) is 0 Å². The van der Waals surface area contributed by atoms with Crippen LogP contribution in [0.25, 0.3) is 89.7 Å². The van der Waals surface area contributed by atoms with Gasteiger partial charge >= 0.3 is 0 Å². The van der Waals surface area contributed by atoms with Crippen molar-refractivity contribution in [3.05, 3.63) is 194 Å². The number of hydrogen-bond donors (Lipinski definition) is 0. The molecule has 9 aromatic carbocycles. The topological polar surface area (TPSA) is 8.17 Å². The average Bonchev–Trinajstić information content (AvgIpc) is 3.93. The molecule has 2 nitrogen and oxygen atoms in total. The van der Waals surface area contributed by atoms with Crippen LogP contribution in [0.15, 0.2) is 194 Å². The van der Waals surface area contributed by atoms with E-state index < -0.39 is 0 Å². The van der Waals surface area contributed by atoms with Crippen molar-refractivity contribution in [1.82, 2.24) is 4.57 Å². The highest BCUT2D eigenvalue weighted by atomic mass is 32.1. The monoisotopic (exact) mass is 748 g/mol. The van der Waals surface area contributed by atoms with Crippen molar-refractivity contribution in [1.29, 1.82) is 0 Å². The van der Waals surface area contributed by atoms with Crippen LogP contribution in [-0.4, -0.2) is 4.57 Å². The quantitative estimate of drug-likeness (QED) is 0.170. The Labute approximate surface area is 331 Å². The number of benzene rings is 9. The standard InChI is InChI=1S/C52H32N2S2/c1-3-11-36(12-4-1)53(39-25-26-41-40-15-7-9-17-48(40)56-51(41)31-39)38-23-19-33(20-24-38)34-21-27-46-44(29-34)45-32-43-35(30-47(45)54(46)37-13-5-2-6-14-37)22-28-50-52(43)42-16-8-10-18-49(42)55-50/h1-32H. The summed E-state index contributed by atoms with van der Waals surface area (Å²) in [6, 6.07) is 71.4. The third kappa shape index (κ3) is 4.86. The maximum atomic E-state index is 2.45. The lowest BCUT2D eigenvalue weighted by molar-refractivity contribution is 1.18. The van der Waals surface area contributed by atoms with Gasteiger partial charge in [0.2, 0.25) is 0 Å². The second-order valence-corrected chi connectivity index (χ2v) is 16.7. The number of rotatable bonds is 5. The summed E-state index contributed by atoms with van der Waals surface area (Å²) in [5.41, 5.74) is 9.40. The van der Waals surface area contributed by atoms with Gasteiger partial charge in [-0.1, -0.05) is 103 Å². The smallest absolute Gasteiger partial charge is 0.0547 e. The zero-order chi connectivity index (χ0) is 36.7. The number of para-hydroxylation sites is 2. The van der Waals surface area contributed by atoms with Gasteiger partial charge in [-0.25, -0.2) is 0 Å². The van der Waals surface area contributed by atoms with Crippen molar-refractivity contribution in [2.24, 2.45) is 0 Å². The van der Waals surface area contributed by atoms with Crippen LogP contribution >= 0.6 is 22.7 Å². The molecule has 12 aromatic rings. The van der Waals surface area contributed by atoms with E-state index in [0.29, 0.717) is 0 Å². The molecule has 0 radical (unpaired) electrons. The second-order valence-electron chi connectivity index (χ2n) is 14.5. The van der Waals surface area contributed by atoms with Gasteiger partial charge in [-0.05, 0) is 113 Å². The Bertz CT molecular complexity index is 3460. The van der Waals surface area contributed by atoms with E-state index in [0.717, 1.165) is 17.1 Å². The summed E-state index contributed by atoms with van der Waals surface area (Å²) < 4.78 is 7.71. The van der Waals surface area contributed by atoms with Gasteiger partial charge in [-0.3, -0.25) is 0 Å². The van der Waals surface area contributed by atoms with E-state index in [1.165, 1.54) is 89.7 Å². The zero-order valence-corrected chi connectivity index (χ0v) is 31.8. The normalized spacial score (nSPS) is 11.9. The summed E-state index contributed by atoms with van der Waals surface area (Å²) in [5.74, 6) is 0. The van der Waals surface area contributed by atoms with E-state index in [2.05, 4.69) is 204 Å². The Kier molecular flexibility index (Phi) is 7.00. The van der Waals surface area contributed by atoms with Crippen molar-refractivity contribution in [3.8, 4) is 16.8 Å². The molecule has 56 heavy (non-hydrogen) atoms. The summed E-state index contributed by atoms with van der Waals surface area (Å²) in [6.45, 7) is 0. The number of aromatic nitrogens is 1. The lowest BCUT2D eigenvalue weighted by Crippen LogP contribution is -2.09. The van der Waals surface area contributed by atoms with Crippen LogP contribution in [0.1, 0.15) is 0 Å². The third-order valence-electron chi connectivity index (χ3n) is 11.4. The Morgan fingerprint density at radius 3 is 1.79 bits per heavy atom. The maximum Gasteiger partial charge on any atom is 0.0547 e. The molecule has 0 amide bonds. The van der Waals surface area contributed by atoms with Gasteiger partial charge in [0, 0.05) is 73.9 Å². The van der Waals surface area contributed by atoms with Gasteiger partial charge in [0.15, 0.2) is 0 Å². The molecular formula is C52H32N2S2. The minimum absolute atomic E-state index is 1.13. The zero-order valence-electron chi connectivity index (χ0n) is 30.2. The molecule has 12 rings (SSSR count). The molecule has 0 saturated heterocycles. The Morgan fingerprint density at radius 1 is 0.339 bits per heavy atom. The van der Waals surface area contributed by atoms with Gasteiger partial charge in [-0.2, -0.15) is 0 Å². The first kappa shape index (κ1) is 31.6. The molecule has 3 aromatic heterocycles. The Hall–Kier alpha value is -6.72. The van der Waals surface area contributed by atoms with Crippen molar-refractivity contribution in [2.75, 3.05) is 4.90 Å². The summed E-state index contributed by atoms with van der Waals surface area (Å²) >= 11 is 3.74. The van der Waals surface area contributed by atoms with E-state index in [1.807, 2.05) is 22.7 Å². The number of anilines is 3. The van der Waals surface area contributed by atoms with Gasteiger partial charge in [0.1, 0.15) is 0 Å². The van der Waals surface area contributed by atoms with Gasteiger partial charge < -0.3 is 9.47 Å². The predicted octanol–water partition coefficient (Wildman–Crippen LogP) is 15.8. The van der Waals surface area contributed by atoms with Crippen molar-refractivity contribution >= 4 is 113 Å². The number of hydrogen-bond acceptors (Lipinski definition) is 3. The van der Waals surface area contributed by atoms with E-state index >= 15 is 0 Å². The van der Waals surface area contributed by atoms with Crippen LogP contribution in [-0.2, 0) is 0 Å². The molecule has 3 heterocycles. The first-order valence-electron chi connectivity index (χ1n) is 19.0. The molecule has 0 aliphatic heterocycles. The van der Waals surface area contributed by atoms with Gasteiger partial charge in [0.05, 0.1) is 11.0 Å². The Morgan fingerprint density at radius 2 is 0.964 bits per heavy atom. The molecule has 0 aliphatic rings. The highest BCUT2D eigenvalue weighted by Crippen LogP contribution is 2.44. The maximum absolute atomic E-state index is 2.45. The molecule has 262 valence electrons. The summed E-state index contributed by atoms with van der Waals surface area (Å²) in [4.78, 5) is 2.37. The van der Waals surface area contributed by atoms with Crippen LogP contribution in [0.5, 0.6) is 0 Å². The van der Waals surface area contributed by atoms with Crippen LogP contribution < -0.4 is 4.90 Å². The first-order valence-corrected chi connectivity index (χ1v) is 20.6. The highest BCUT2D eigenvalue weighted by molar-refractivity contribution is 7.26. The largest absolute Gasteiger partial charge is 0.310 e. The molecule has 0 fully saturated rings. The lowest BCUT2D eigenvalue weighted by atomic mass is 9.99. The summed E-state index contributed by atoms with van der Waals surface area (Å²) in [6.07, 6.45) is 0. The lowest BCUT2D eigenvalue weighted by Gasteiger charge is -2.25.